The molecule has 3 unspecified atom stereocenters. The van der Waals surface area contributed by atoms with Crippen molar-refractivity contribution >= 4 is 7.82 Å². The van der Waals surface area contributed by atoms with Gasteiger partial charge in [-0.2, -0.15) is 0 Å². The predicted molar refractivity (Wildman–Crippen MR) is 141 cm³/mol. The molecule has 1 aliphatic heterocycles. The molecule has 0 radical (unpaired) electrons. The molecule has 196 valence electrons. The number of phosphoric acid groups is 1. The predicted octanol–water partition coefficient (Wildman–Crippen LogP) is 8.24. The van der Waals surface area contributed by atoms with E-state index in [1.807, 2.05) is 6.92 Å². The zero-order valence-electron chi connectivity index (χ0n) is 22.4. The maximum absolute atomic E-state index is 11.2. The van der Waals surface area contributed by atoms with Gasteiger partial charge in [-0.3, -0.25) is 9.79 Å². The normalized spacial score (nSPS) is 20.0. The van der Waals surface area contributed by atoms with E-state index in [0.717, 1.165) is 66.7 Å². The highest BCUT2D eigenvalue weighted by molar-refractivity contribution is 7.46. The number of benzene rings is 1. The molecule has 1 heterocycles. The molecule has 2 rings (SSSR count). The van der Waals surface area contributed by atoms with E-state index in [2.05, 4.69) is 34.6 Å². The fourth-order valence-electron chi connectivity index (χ4n) is 5.17. The number of rotatable bonds is 15. The van der Waals surface area contributed by atoms with Gasteiger partial charge in [0.25, 0.3) is 0 Å². The minimum atomic E-state index is -4.57. The first-order chi connectivity index (χ1) is 15.9. The van der Waals surface area contributed by atoms with Crippen molar-refractivity contribution in [1.29, 1.82) is 0 Å². The fourth-order valence-corrected chi connectivity index (χ4v) is 5.55. The van der Waals surface area contributed by atoms with E-state index in [1.54, 1.807) is 12.1 Å². The van der Waals surface area contributed by atoms with Gasteiger partial charge in [0.1, 0.15) is 17.1 Å². The fraction of sp³-hybridized carbons (Fsp3) is 0.786. The standard InChI is InChI=1S/C28H49O5P/c1-7-24-19-26(33-34(29,30)31)20-25-16-18-28(6,32-27(24)25)17-10-15-23(5)14-9-13-22(4)12-8-11-21(2)3/h19-23H,7-18H2,1-6H3,(H2,29,30,31). The SMILES string of the molecule is CCc1cc(OP(=O)(O)O)cc2c1OC(C)(CCCC(C)CCCC(C)CCCC(C)C)CC2. The van der Waals surface area contributed by atoms with Crippen LogP contribution in [0, 0.1) is 17.8 Å². The van der Waals surface area contributed by atoms with Crippen molar-refractivity contribution in [3.63, 3.8) is 0 Å². The van der Waals surface area contributed by atoms with Crippen molar-refractivity contribution < 1.29 is 23.6 Å². The third-order valence-corrected chi connectivity index (χ3v) is 7.82. The third kappa shape index (κ3) is 10.3. The van der Waals surface area contributed by atoms with E-state index in [0.29, 0.717) is 0 Å². The Morgan fingerprint density at radius 1 is 1.00 bits per heavy atom. The average Bonchev–Trinajstić information content (AvgIpc) is 2.72. The molecule has 0 saturated heterocycles. The third-order valence-electron chi connectivity index (χ3n) is 7.37. The number of hydrogen-bond donors (Lipinski definition) is 2. The molecular weight excluding hydrogens is 447 g/mol. The van der Waals surface area contributed by atoms with Crippen LogP contribution in [0.5, 0.6) is 11.5 Å². The van der Waals surface area contributed by atoms with E-state index in [9.17, 15) is 4.57 Å². The van der Waals surface area contributed by atoms with E-state index >= 15 is 0 Å². The Hall–Kier alpha value is -1.03. The zero-order chi connectivity index (χ0) is 25.4. The summed E-state index contributed by atoms with van der Waals surface area (Å²) >= 11 is 0. The quantitative estimate of drug-likeness (QED) is 0.239. The molecule has 6 heteroatoms. The topological polar surface area (TPSA) is 76.0 Å². The molecule has 0 aliphatic carbocycles. The van der Waals surface area contributed by atoms with Crippen molar-refractivity contribution in [3.05, 3.63) is 23.3 Å². The highest BCUT2D eigenvalue weighted by Crippen LogP contribution is 2.44. The molecule has 3 atom stereocenters. The molecule has 0 saturated carbocycles. The minimum absolute atomic E-state index is 0.187. The Balaban J connectivity index is 1.78. The zero-order valence-corrected chi connectivity index (χ0v) is 23.3. The minimum Gasteiger partial charge on any atom is -0.487 e. The lowest BCUT2D eigenvalue weighted by molar-refractivity contribution is 0.0512. The summed E-state index contributed by atoms with van der Waals surface area (Å²) in [5.41, 5.74) is 1.74. The van der Waals surface area contributed by atoms with Crippen LogP contribution in [0.15, 0.2) is 12.1 Å². The van der Waals surface area contributed by atoms with Gasteiger partial charge in [0.2, 0.25) is 0 Å². The van der Waals surface area contributed by atoms with Crippen LogP contribution >= 0.6 is 7.82 Å². The van der Waals surface area contributed by atoms with Gasteiger partial charge in [0.05, 0.1) is 0 Å². The van der Waals surface area contributed by atoms with Gasteiger partial charge < -0.3 is 9.26 Å². The van der Waals surface area contributed by atoms with Crippen LogP contribution in [-0.4, -0.2) is 15.4 Å². The molecule has 1 aromatic carbocycles. The number of ether oxygens (including phenoxy) is 1. The first-order valence-corrected chi connectivity index (χ1v) is 15.0. The van der Waals surface area contributed by atoms with Crippen molar-refractivity contribution in [2.24, 2.45) is 17.8 Å². The smallest absolute Gasteiger partial charge is 0.487 e. The van der Waals surface area contributed by atoms with Crippen LogP contribution in [-0.2, 0) is 17.4 Å². The summed E-state index contributed by atoms with van der Waals surface area (Å²) in [6, 6.07) is 3.43. The van der Waals surface area contributed by atoms with Crippen LogP contribution in [0.4, 0.5) is 0 Å². The summed E-state index contributed by atoms with van der Waals surface area (Å²) in [5.74, 6) is 3.53. The van der Waals surface area contributed by atoms with E-state index < -0.39 is 7.82 Å². The summed E-state index contributed by atoms with van der Waals surface area (Å²) in [5, 5.41) is 0. The molecular formula is C28H49O5P. The van der Waals surface area contributed by atoms with Crippen LogP contribution in [0.2, 0.25) is 0 Å². The van der Waals surface area contributed by atoms with Gasteiger partial charge >= 0.3 is 7.82 Å². The van der Waals surface area contributed by atoms with Crippen LogP contribution in [0.3, 0.4) is 0 Å². The van der Waals surface area contributed by atoms with Crippen molar-refractivity contribution in [2.45, 2.75) is 124 Å². The highest BCUT2D eigenvalue weighted by atomic mass is 31.2. The Morgan fingerprint density at radius 2 is 1.59 bits per heavy atom. The van der Waals surface area contributed by atoms with Crippen LogP contribution < -0.4 is 9.26 Å². The molecule has 5 nitrogen and oxygen atoms in total. The second-order valence-electron chi connectivity index (χ2n) is 11.4. The van der Waals surface area contributed by atoms with E-state index in [4.69, 9.17) is 19.0 Å². The summed E-state index contributed by atoms with van der Waals surface area (Å²) in [6.45, 7) is 13.7. The summed E-state index contributed by atoms with van der Waals surface area (Å²) in [6.07, 6.45) is 14.0. The second kappa shape index (κ2) is 13.3. The number of aryl methyl sites for hydroxylation is 2. The Bertz CT molecular complexity index is 785. The Labute approximate surface area is 208 Å². The average molecular weight is 497 g/mol. The maximum Gasteiger partial charge on any atom is 0.524 e. The molecule has 0 bridgehead atoms. The number of hydrogen-bond acceptors (Lipinski definition) is 3. The van der Waals surface area contributed by atoms with Gasteiger partial charge in [-0.05, 0) is 80.0 Å². The van der Waals surface area contributed by atoms with Crippen molar-refractivity contribution in [3.8, 4) is 11.5 Å². The second-order valence-corrected chi connectivity index (χ2v) is 12.6. The van der Waals surface area contributed by atoms with E-state index in [-0.39, 0.29) is 11.4 Å². The van der Waals surface area contributed by atoms with Gasteiger partial charge in [0, 0.05) is 0 Å². The lowest BCUT2D eigenvalue weighted by Crippen LogP contribution is -2.36. The molecule has 1 aromatic rings. The van der Waals surface area contributed by atoms with Gasteiger partial charge in [-0.25, -0.2) is 4.57 Å². The first kappa shape index (κ1) is 29.2. The van der Waals surface area contributed by atoms with Crippen molar-refractivity contribution in [1.82, 2.24) is 0 Å². The lowest BCUT2D eigenvalue weighted by Gasteiger charge is -2.37. The highest BCUT2D eigenvalue weighted by Gasteiger charge is 2.33. The molecule has 0 amide bonds. The van der Waals surface area contributed by atoms with Gasteiger partial charge in [-0.15, -0.1) is 0 Å². The first-order valence-electron chi connectivity index (χ1n) is 13.5. The van der Waals surface area contributed by atoms with Crippen LogP contribution in [0.1, 0.15) is 117 Å². The largest absolute Gasteiger partial charge is 0.524 e. The summed E-state index contributed by atoms with van der Waals surface area (Å²) in [7, 11) is -4.57. The summed E-state index contributed by atoms with van der Waals surface area (Å²) in [4.78, 5) is 18.3. The molecule has 1 aliphatic rings. The molecule has 34 heavy (non-hydrogen) atoms. The number of phosphoric ester groups is 1. The monoisotopic (exact) mass is 496 g/mol. The maximum atomic E-state index is 11.2. The number of fused-ring (bicyclic) bond motifs is 1. The van der Waals surface area contributed by atoms with Gasteiger partial charge in [-0.1, -0.05) is 79.6 Å². The van der Waals surface area contributed by atoms with E-state index in [1.165, 1.54) is 44.9 Å². The Morgan fingerprint density at radius 3 is 2.15 bits per heavy atom. The van der Waals surface area contributed by atoms with Gasteiger partial charge in [0.15, 0.2) is 0 Å². The molecule has 0 spiro atoms. The lowest BCUT2D eigenvalue weighted by atomic mass is 9.85. The van der Waals surface area contributed by atoms with Crippen molar-refractivity contribution in [2.75, 3.05) is 0 Å². The Kier molecular flexibility index (Phi) is 11.4. The van der Waals surface area contributed by atoms with Crippen LogP contribution in [0.25, 0.3) is 0 Å². The molecule has 0 aromatic heterocycles. The molecule has 2 N–H and O–H groups in total. The molecule has 0 fully saturated rings. The summed E-state index contributed by atoms with van der Waals surface area (Å²) < 4.78 is 22.6.